The Hall–Kier alpha value is -0.670. The van der Waals surface area contributed by atoms with Gasteiger partial charge in [-0.2, -0.15) is 0 Å². The Balaban J connectivity index is 2.31. The molecule has 18 heavy (non-hydrogen) atoms. The summed E-state index contributed by atoms with van der Waals surface area (Å²) < 4.78 is 0. The predicted molar refractivity (Wildman–Crippen MR) is 79.6 cm³/mol. The molecule has 1 atom stereocenters. The molecule has 0 radical (unpaired) electrons. The number of benzene rings is 2. The molecule has 2 N–H and O–H groups in total. The van der Waals surface area contributed by atoms with Gasteiger partial charge < -0.3 is 5.73 Å². The second kappa shape index (κ2) is 5.98. The van der Waals surface area contributed by atoms with Crippen LogP contribution in [0.15, 0.2) is 52.3 Å². The average Bonchev–Trinajstić information content (AvgIpc) is 2.34. The first-order valence-corrected chi connectivity index (χ1v) is 7.12. The highest BCUT2D eigenvalue weighted by Gasteiger charge is 2.08. The van der Waals surface area contributed by atoms with E-state index in [1.165, 1.54) is 0 Å². The SMILES string of the molecule is CC(N)c1ccccc1Sc1ccc(Cl)c(Cl)c1. The maximum absolute atomic E-state index is 6.01. The molecule has 2 rings (SSSR count). The van der Waals surface area contributed by atoms with E-state index in [0.717, 1.165) is 15.4 Å². The third kappa shape index (κ3) is 3.21. The van der Waals surface area contributed by atoms with Crippen molar-refractivity contribution in [1.82, 2.24) is 0 Å². The van der Waals surface area contributed by atoms with Gasteiger partial charge in [0.25, 0.3) is 0 Å². The zero-order valence-corrected chi connectivity index (χ0v) is 12.2. The van der Waals surface area contributed by atoms with E-state index in [0.29, 0.717) is 10.0 Å². The highest BCUT2D eigenvalue weighted by molar-refractivity contribution is 7.99. The molecule has 0 fully saturated rings. The lowest BCUT2D eigenvalue weighted by molar-refractivity contribution is 0.797. The minimum Gasteiger partial charge on any atom is -0.324 e. The van der Waals surface area contributed by atoms with E-state index < -0.39 is 0 Å². The number of hydrogen-bond acceptors (Lipinski definition) is 2. The lowest BCUT2D eigenvalue weighted by atomic mass is 10.1. The van der Waals surface area contributed by atoms with Crippen LogP contribution >= 0.6 is 35.0 Å². The van der Waals surface area contributed by atoms with Crippen LogP contribution in [0, 0.1) is 0 Å². The van der Waals surface area contributed by atoms with E-state index in [4.69, 9.17) is 28.9 Å². The van der Waals surface area contributed by atoms with Gasteiger partial charge in [0.05, 0.1) is 10.0 Å². The second-order valence-corrected chi connectivity index (χ2v) is 5.93. The summed E-state index contributed by atoms with van der Waals surface area (Å²) in [6.07, 6.45) is 0. The van der Waals surface area contributed by atoms with Gasteiger partial charge in [0.15, 0.2) is 0 Å². The Morgan fingerprint density at radius 2 is 1.78 bits per heavy atom. The Kier molecular flexibility index (Phi) is 4.57. The van der Waals surface area contributed by atoms with Gasteiger partial charge in [-0.15, -0.1) is 0 Å². The smallest absolute Gasteiger partial charge is 0.0603 e. The molecule has 0 saturated carbocycles. The molecule has 0 aromatic heterocycles. The lowest BCUT2D eigenvalue weighted by Gasteiger charge is -2.12. The van der Waals surface area contributed by atoms with Crippen LogP contribution in [0.5, 0.6) is 0 Å². The Morgan fingerprint density at radius 3 is 2.44 bits per heavy atom. The quantitative estimate of drug-likeness (QED) is 0.846. The molecule has 2 aromatic carbocycles. The standard InChI is InChI=1S/C14H13Cl2NS/c1-9(17)11-4-2-3-5-14(11)18-10-6-7-12(15)13(16)8-10/h2-9H,17H2,1H3. The molecule has 0 saturated heterocycles. The molecule has 0 bridgehead atoms. The third-order valence-corrected chi connectivity index (χ3v) is 4.35. The van der Waals surface area contributed by atoms with Crippen molar-refractivity contribution in [3.05, 3.63) is 58.1 Å². The van der Waals surface area contributed by atoms with Crippen LogP contribution < -0.4 is 5.73 Å². The maximum atomic E-state index is 6.01. The lowest BCUT2D eigenvalue weighted by Crippen LogP contribution is -2.05. The molecule has 4 heteroatoms. The van der Waals surface area contributed by atoms with E-state index in [-0.39, 0.29) is 6.04 Å². The summed E-state index contributed by atoms with van der Waals surface area (Å²) >= 11 is 13.6. The van der Waals surface area contributed by atoms with E-state index in [1.807, 2.05) is 37.3 Å². The Morgan fingerprint density at radius 1 is 1.06 bits per heavy atom. The molecular formula is C14H13Cl2NS. The van der Waals surface area contributed by atoms with Gasteiger partial charge in [-0.1, -0.05) is 53.2 Å². The molecule has 0 amide bonds. The minimum atomic E-state index is 0.0106. The first-order chi connectivity index (χ1) is 8.58. The normalized spacial score (nSPS) is 12.4. The fraction of sp³-hybridized carbons (Fsp3) is 0.143. The summed E-state index contributed by atoms with van der Waals surface area (Å²) in [6.45, 7) is 1.98. The predicted octanol–water partition coefficient (Wildman–Crippen LogP) is 5.16. The van der Waals surface area contributed by atoms with E-state index in [1.54, 1.807) is 17.8 Å². The van der Waals surface area contributed by atoms with Gasteiger partial charge in [-0.25, -0.2) is 0 Å². The summed E-state index contributed by atoms with van der Waals surface area (Å²) in [5, 5.41) is 1.14. The van der Waals surface area contributed by atoms with E-state index in [9.17, 15) is 0 Å². The van der Waals surface area contributed by atoms with Crippen LogP contribution in [-0.2, 0) is 0 Å². The van der Waals surface area contributed by atoms with Crippen molar-refractivity contribution in [3.8, 4) is 0 Å². The van der Waals surface area contributed by atoms with Crippen molar-refractivity contribution in [2.75, 3.05) is 0 Å². The van der Waals surface area contributed by atoms with Gasteiger partial charge in [0, 0.05) is 15.8 Å². The van der Waals surface area contributed by atoms with Crippen molar-refractivity contribution in [1.29, 1.82) is 0 Å². The van der Waals surface area contributed by atoms with Crippen molar-refractivity contribution < 1.29 is 0 Å². The van der Waals surface area contributed by atoms with Gasteiger partial charge in [0.1, 0.15) is 0 Å². The van der Waals surface area contributed by atoms with Gasteiger partial charge in [-0.05, 0) is 36.8 Å². The molecule has 94 valence electrons. The molecule has 0 aliphatic heterocycles. The fourth-order valence-corrected chi connectivity index (χ4v) is 3.06. The van der Waals surface area contributed by atoms with Crippen LogP contribution in [0.3, 0.4) is 0 Å². The van der Waals surface area contributed by atoms with Crippen LogP contribution in [0.1, 0.15) is 18.5 Å². The summed E-state index contributed by atoms with van der Waals surface area (Å²) in [7, 11) is 0. The number of rotatable bonds is 3. The minimum absolute atomic E-state index is 0.0106. The van der Waals surface area contributed by atoms with E-state index >= 15 is 0 Å². The maximum Gasteiger partial charge on any atom is 0.0603 e. The first-order valence-electron chi connectivity index (χ1n) is 5.55. The second-order valence-electron chi connectivity index (χ2n) is 4.00. The van der Waals surface area contributed by atoms with Crippen LogP contribution in [-0.4, -0.2) is 0 Å². The zero-order valence-electron chi connectivity index (χ0n) is 9.86. The monoisotopic (exact) mass is 297 g/mol. The topological polar surface area (TPSA) is 26.0 Å². The summed E-state index contributed by atoms with van der Waals surface area (Å²) in [5.41, 5.74) is 7.09. The van der Waals surface area contributed by atoms with Crippen molar-refractivity contribution in [2.45, 2.75) is 22.8 Å². The average molecular weight is 298 g/mol. The highest BCUT2D eigenvalue weighted by Crippen LogP contribution is 2.35. The van der Waals surface area contributed by atoms with Crippen LogP contribution in [0.25, 0.3) is 0 Å². The zero-order chi connectivity index (χ0) is 13.1. The molecule has 0 spiro atoms. The van der Waals surface area contributed by atoms with Crippen molar-refractivity contribution >= 4 is 35.0 Å². The highest BCUT2D eigenvalue weighted by atomic mass is 35.5. The Bertz CT molecular complexity index is 555. The first kappa shape index (κ1) is 13.8. The van der Waals surface area contributed by atoms with Crippen LogP contribution in [0.2, 0.25) is 10.0 Å². The number of nitrogens with two attached hydrogens (primary N) is 1. The van der Waals surface area contributed by atoms with Crippen LogP contribution in [0.4, 0.5) is 0 Å². The number of halogens is 2. The number of hydrogen-bond donors (Lipinski definition) is 1. The summed E-state index contributed by atoms with van der Waals surface area (Å²) in [5.74, 6) is 0. The summed E-state index contributed by atoms with van der Waals surface area (Å²) in [4.78, 5) is 2.20. The molecule has 2 aromatic rings. The van der Waals surface area contributed by atoms with E-state index in [2.05, 4.69) is 6.07 Å². The van der Waals surface area contributed by atoms with Gasteiger partial charge in [-0.3, -0.25) is 0 Å². The molecule has 1 nitrogen and oxygen atoms in total. The molecule has 0 heterocycles. The van der Waals surface area contributed by atoms with Crippen molar-refractivity contribution in [2.24, 2.45) is 5.73 Å². The third-order valence-electron chi connectivity index (χ3n) is 2.53. The molecule has 0 aliphatic rings. The largest absolute Gasteiger partial charge is 0.324 e. The Labute approximate surface area is 121 Å². The molecule has 1 unspecified atom stereocenters. The molecular weight excluding hydrogens is 285 g/mol. The van der Waals surface area contributed by atoms with Crippen molar-refractivity contribution in [3.63, 3.8) is 0 Å². The summed E-state index contributed by atoms with van der Waals surface area (Å²) in [6, 6.07) is 13.8. The molecule has 0 aliphatic carbocycles. The van der Waals surface area contributed by atoms with Gasteiger partial charge in [0.2, 0.25) is 0 Å². The van der Waals surface area contributed by atoms with Gasteiger partial charge >= 0.3 is 0 Å². The fourth-order valence-electron chi connectivity index (χ4n) is 1.62.